The molecule has 0 spiro atoms. The van der Waals surface area contributed by atoms with Gasteiger partial charge in [0.2, 0.25) is 0 Å². The summed E-state index contributed by atoms with van der Waals surface area (Å²) in [5.41, 5.74) is 19.3. The van der Waals surface area contributed by atoms with Gasteiger partial charge in [0.1, 0.15) is 0 Å². The number of rotatable bonds is 1. The van der Waals surface area contributed by atoms with E-state index in [1.165, 1.54) is 16.7 Å². The summed E-state index contributed by atoms with van der Waals surface area (Å²) in [4.78, 5) is 0. The first kappa shape index (κ1) is 11.5. The van der Waals surface area contributed by atoms with Gasteiger partial charge in [0, 0.05) is 11.4 Å². The Morgan fingerprint density at radius 1 is 0.765 bits per heavy atom. The molecule has 0 amide bonds. The summed E-state index contributed by atoms with van der Waals surface area (Å²) in [7, 11) is 0. The molecule has 88 valence electrons. The first-order chi connectivity index (χ1) is 8.00. The number of hydrogen-bond donors (Lipinski definition) is 2. The lowest BCUT2D eigenvalue weighted by Crippen LogP contribution is -1.95. The quantitative estimate of drug-likeness (QED) is 0.732. The molecule has 2 heteroatoms. The van der Waals surface area contributed by atoms with E-state index in [1.54, 1.807) is 0 Å². The predicted octanol–water partition coefficient (Wildman–Crippen LogP) is 3.44. The molecule has 0 heterocycles. The highest BCUT2D eigenvalue weighted by atomic mass is 14.6. The Morgan fingerprint density at radius 2 is 1.41 bits per heavy atom. The predicted molar refractivity (Wildman–Crippen MR) is 74.9 cm³/mol. The standard InChI is InChI=1S/C15H18N2/c1-9-8-12(4-6-14(9)16)13-5-7-15(17)11(3)10(13)2/h4-8H,16-17H2,1-3H3. The smallest absolute Gasteiger partial charge is 0.0346 e. The van der Waals surface area contributed by atoms with E-state index in [0.29, 0.717) is 0 Å². The van der Waals surface area contributed by atoms with Crippen molar-refractivity contribution in [2.45, 2.75) is 20.8 Å². The van der Waals surface area contributed by atoms with Gasteiger partial charge in [-0.05, 0) is 66.8 Å². The summed E-state index contributed by atoms with van der Waals surface area (Å²) in [5.74, 6) is 0. The average molecular weight is 226 g/mol. The fraction of sp³-hybridized carbons (Fsp3) is 0.200. The minimum absolute atomic E-state index is 0.832. The second-order valence-electron chi connectivity index (χ2n) is 4.52. The van der Waals surface area contributed by atoms with Crippen LogP contribution in [-0.4, -0.2) is 0 Å². The van der Waals surface area contributed by atoms with Crippen LogP contribution in [0.25, 0.3) is 11.1 Å². The zero-order valence-corrected chi connectivity index (χ0v) is 10.5. The molecule has 0 aliphatic carbocycles. The third-order valence-electron chi connectivity index (χ3n) is 3.41. The molecule has 0 fully saturated rings. The van der Waals surface area contributed by atoms with Crippen molar-refractivity contribution in [1.29, 1.82) is 0 Å². The average Bonchev–Trinajstić information content (AvgIpc) is 2.30. The van der Waals surface area contributed by atoms with Gasteiger partial charge in [-0.1, -0.05) is 12.1 Å². The molecule has 0 aromatic heterocycles. The summed E-state index contributed by atoms with van der Waals surface area (Å²) >= 11 is 0. The van der Waals surface area contributed by atoms with E-state index in [4.69, 9.17) is 11.5 Å². The molecule has 4 N–H and O–H groups in total. The highest BCUT2D eigenvalue weighted by Gasteiger charge is 2.07. The van der Waals surface area contributed by atoms with Crippen molar-refractivity contribution in [2.24, 2.45) is 0 Å². The molecule has 0 bridgehead atoms. The van der Waals surface area contributed by atoms with Crippen molar-refractivity contribution in [2.75, 3.05) is 11.5 Å². The van der Waals surface area contributed by atoms with Crippen LogP contribution in [0.4, 0.5) is 11.4 Å². The van der Waals surface area contributed by atoms with Gasteiger partial charge in [-0.3, -0.25) is 0 Å². The van der Waals surface area contributed by atoms with Crippen molar-refractivity contribution >= 4 is 11.4 Å². The molecular formula is C15H18N2. The topological polar surface area (TPSA) is 52.0 Å². The molecule has 2 aromatic rings. The summed E-state index contributed by atoms with van der Waals surface area (Å²) in [6.45, 7) is 6.18. The Balaban J connectivity index is 2.61. The van der Waals surface area contributed by atoms with Crippen LogP contribution in [0.5, 0.6) is 0 Å². The molecule has 0 aliphatic rings. The van der Waals surface area contributed by atoms with Crippen LogP contribution in [0.3, 0.4) is 0 Å². The molecule has 2 nitrogen and oxygen atoms in total. The third-order valence-corrected chi connectivity index (χ3v) is 3.41. The van der Waals surface area contributed by atoms with Crippen LogP contribution in [0.1, 0.15) is 16.7 Å². The van der Waals surface area contributed by atoms with E-state index in [0.717, 1.165) is 22.5 Å². The SMILES string of the molecule is Cc1cc(-c2ccc(N)c(C)c2C)ccc1N. The molecule has 0 aliphatic heterocycles. The Hall–Kier alpha value is -1.96. The minimum Gasteiger partial charge on any atom is -0.399 e. The first-order valence-electron chi connectivity index (χ1n) is 5.73. The highest BCUT2D eigenvalue weighted by Crippen LogP contribution is 2.30. The van der Waals surface area contributed by atoms with Gasteiger partial charge in [-0.25, -0.2) is 0 Å². The van der Waals surface area contributed by atoms with Crippen LogP contribution in [0.2, 0.25) is 0 Å². The van der Waals surface area contributed by atoms with Gasteiger partial charge in [0.05, 0.1) is 0 Å². The molecule has 0 atom stereocenters. The largest absolute Gasteiger partial charge is 0.399 e. The van der Waals surface area contributed by atoms with Crippen LogP contribution in [-0.2, 0) is 0 Å². The van der Waals surface area contributed by atoms with E-state index in [-0.39, 0.29) is 0 Å². The zero-order chi connectivity index (χ0) is 12.6. The van der Waals surface area contributed by atoms with Crippen LogP contribution < -0.4 is 11.5 Å². The van der Waals surface area contributed by atoms with Gasteiger partial charge in [-0.15, -0.1) is 0 Å². The fourth-order valence-electron chi connectivity index (χ4n) is 2.00. The number of nitrogen functional groups attached to an aromatic ring is 2. The van der Waals surface area contributed by atoms with Crippen LogP contribution >= 0.6 is 0 Å². The van der Waals surface area contributed by atoms with Gasteiger partial charge in [-0.2, -0.15) is 0 Å². The molecule has 0 unspecified atom stereocenters. The van der Waals surface area contributed by atoms with Gasteiger partial charge < -0.3 is 11.5 Å². The molecule has 0 radical (unpaired) electrons. The molecule has 17 heavy (non-hydrogen) atoms. The number of benzene rings is 2. The van der Waals surface area contributed by atoms with Gasteiger partial charge in [0.15, 0.2) is 0 Å². The molecule has 2 aromatic carbocycles. The van der Waals surface area contributed by atoms with Crippen molar-refractivity contribution in [3.63, 3.8) is 0 Å². The Bertz CT molecular complexity index is 571. The third kappa shape index (κ3) is 1.98. The van der Waals surface area contributed by atoms with Gasteiger partial charge in [0.25, 0.3) is 0 Å². The monoisotopic (exact) mass is 226 g/mol. The van der Waals surface area contributed by atoms with Crippen molar-refractivity contribution in [1.82, 2.24) is 0 Å². The van der Waals surface area contributed by atoms with Crippen LogP contribution in [0.15, 0.2) is 30.3 Å². The maximum atomic E-state index is 5.90. The fourth-order valence-corrected chi connectivity index (χ4v) is 2.00. The van der Waals surface area contributed by atoms with E-state index in [9.17, 15) is 0 Å². The van der Waals surface area contributed by atoms with E-state index in [2.05, 4.69) is 32.0 Å². The second-order valence-corrected chi connectivity index (χ2v) is 4.52. The van der Waals surface area contributed by atoms with E-state index < -0.39 is 0 Å². The van der Waals surface area contributed by atoms with E-state index in [1.807, 2.05) is 19.1 Å². The lowest BCUT2D eigenvalue weighted by atomic mass is 9.95. The molecule has 0 saturated carbocycles. The Morgan fingerprint density at radius 3 is 2.06 bits per heavy atom. The molecule has 2 rings (SSSR count). The minimum atomic E-state index is 0.832. The Kier molecular flexibility index (Phi) is 2.80. The lowest BCUT2D eigenvalue weighted by molar-refractivity contribution is 1.34. The number of aryl methyl sites for hydroxylation is 1. The number of anilines is 2. The molecule has 0 saturated heterocycles. The first-order valence-corrected chi connectivity index (χ1v) is 5.73. The molecular weight excluding hydrogens is 208 g/mol. The summed E-state index contributed by atoms with van der Waals surface area (Å²) in [6, 6.07) is 10.2. The lowest BCUT2D eigenvalue weighted by Gasteiger charge is -2.12. The van der Waals surface area contributed by atoms with Crippen molar-refractivity contribution in [3.05, 3.63) is 47.0 Å². The van der Waals surface area contributed by atoms with Gasteiger partial charge >= 0.3 is 0 Å². The number of nitrogens with two attached hydrogens (primary N) is 2. The maximum Gasteiger partial charge on any atom is 0.0346 e. The summed E-state index contributed by atoms with van der Waals surface area (Å²) in [6.07, 6.45) is 0. The van der Waals surface area contributed by atoms with Crippen LogP contribution in [0, 0.1) is 20.8 Å². The summed E-state index contributed by atoms with van der Waals surface area (Å²) in [5, 5.41) is 0. The normalized spacial score (nSPS) is 10.5. The second kappa shape index (κ2) is 4.13. The van der Waals surface area contributed by atoms with E-state index >= 15 is 0 Å². The number of hydrogen-bond acceptors (Lipinski definition) is 2. The van der Waals surface area contributed by atoms with Crippen molar-refractivity contribution in [3.8, 4) is 11.1 Å². The zero-order valence-electron chi connectivity index (χ0n) is 10.5. The maximum absolute atomic E-state index is 5.90. The summed E-state index contributed by atoms with van der Waals surface area (Å²) < 4.78 is 0. The Labute approximate surface area is 102 Å². The van der Waals surface area contributed by atoms with Crippen molar-refractivity contribution < 1.29 is 0 Å². The highest BCUT2D eigenvalue weighted by molar-refractivity contribution is 5.74.